The molecule has 3 N–H and O–H groups in total. The zero-order valence-corrected chi connectivity index (χ0v) is 50.4. The van der Waals surface area contributed by atoms with Gasteiger partial charge in [-0.25, -0.2) is 0 Å². The van der Waals surface area contributed by atoms with E-state index in [-0.39, 0.29) is 18.5 Å². The molecular weight excluding hydrogens is 911 g/mol. The van der Waals surface area contributed by atoms with Crippen LogP contribution in [0.1, 0.15) is 386 Å². The Labute approximate surface area is 463 Å². The molecule has 0 saturated carbocycles. The largest absolute Gasteiger partial charge is 0.466 e. The SMILES string of the molecule is CCCCCCCCCCCCCCCCC(=O)OCCCCCCCCCCCCCC/C=C\CCCCCCCCCCCCCCCCCCCC(=O)NC(CO)C(O)CCCCCCCCCCCC. The van der Waals surface area contributed by atoms with E-state index in [1.165, 1.54) is 315 Å². The normalized spacial score (nSPS) is 12.5. The molecule has 0 aromatic carbocycles. The number of aliphatic hydroxyl groups is 2. The van der Waals surface area contributed by atoms with Crippen molar-refractivity contribution in [3.8, 4) is 0 Å². The van der Waals surface area contributed by atoms with Gasteiger partial charge in [0.2, 0.25) is 5.91 Å². The molecule has 2 unspecified atom stereocenters. The maximum Gasteiger partial charge on any atom is 0.305 e. The van der Waals surface area contributed by atoms with E-state index in [1.54, 1.807) is 0 Å². The van der Waals surface area contributed by atoms with Crippen molar-refractivity contribution in [1.29, 1.82) is 0 Å². The molecule has 1 amide bonds. The quantitative estimate of drug-likeness (QED) is 0.0320. The first-order valence-corrected chi connectivity index (χ1v) is 33.9. The van der Waals surface area contributed by atoms with Gasteiger partial charge in [0.1, 0.15) is 0 Å². The second kappa shape index (κ2) is 64.1. The Morgan fingerprint density at radius 1 is 0.365 bits per heavy atom. The number of ether oxygens (including phenoxy) is 1. The standard InChI is InChI=1S/C68H133NO5/c1-3-5-7-9-11-13-15-16-39-42-46-50-54-58-62-68(73)74-63-59-55-51-47-43-40-37-35-33-31-29-27-25-23-21-19-17-18-20-22-24-26-28-30-32-34-36-38-41-45-49-53-57-61-67(72)69-65(64-70)66(71)60-56-52-48-44-14-12-10-8-6-4-2/h21,23,65-66,70-71H,3-20,22,24-64H2,1-2H3,(H,69,72)/b23-21-. The Balaban J connectivity index is 3.31. The highest BCUT2D eigenvalue weighted by Gasteiger charge is 2.20. The average molecular weight is 1040 g/mol. The fourth-order valence-electron chi connectivity index (χ4n) is 10.9. The molecule has 0 spiro atoms. The Morgan fingerprint density at radius 2 is 0.635 bits per heavy atom. The summed E-state index contributed by atoms with van der Waals surface area (Å²) in [6.45, 7) is 4.97. The van der Waals surface area contributed by atoms with E-state index in [9.17, 15) is 19.8 Å². The van der Waals surface area contributed by atoms with Gasteiger partial charge in [-0.2, -0.15) is 0 Å². The molecule has 2 atom stereocenters. The summed E-state index contributed by atoms with van der Waals surface area (Å²) in [5.41, 5.74) is 0. The molecule has 0 saturated heterocycles. The Morgan fingerprint density at radius 3 is 0.959 bits per heavy atom. The van der Waals surface area contributed by atoms with Crippen molar-refractivity contribution in [2.24, 2.45) is 0 Å². The highest BCUT2D eigenvalue weighted by molar-refractivity contribution is 5.76. The Kier molecular flexibility index (Phi) is 62.9. The van der Waals surface area contributed by atoms with Gasteiger partial charge in [-0.3, -0.25) is 9.59 Å². The fourth-order valence-corrected chi connectivity index (χ4v) is 10.9. The van der Waals surface area contributed by atoms with Crippen molar-refractivity contribution in [3.05, 3.63) is 12.2 Å². The Hall–Kier alpha value is -1.40. The predicted molar refractivity (Wildman–Crippen MR) is 324 cm³/mol. The monoisotopic (exact) mass is 1040 g/mol. The van der Waals surface area contributed by atoms with Crippen LogP contribution in [0.2, 0.25) is 0 Å². The molecule has 0 aliphatic rings. The zero-order chi connectivity index (χ0) is 53.6. The van der Waals surface area contributed by atoms with Crippen molar-refractivity contribution in [1.82, 2.24) is 5.32 Å². The number of carbonyl (C=O) groups excluding carboxylic acids is 2. The third-order valence-electron chi connectivity index (χ3n) is 16.1. The lowest BCUT2D eigenvalue weighted by atomic mass is 10.0. The molecule has 0 aliphatic heterocycles. The van der Waals surface area contributed by atoms with Gasteiger partial charge in [0.25, 0.3) is 0 Å². The van der Waals surface area contributed by atoms with Gasteiger partial charge in [-0.05, 0) is 51.4 Å². The summed E-state index contributed by atoms with van der Waals surface area (Å²) < 4.78 is 5.49. The van der Waals surface area contributed by atoms with E-state index in [1.807, 2.05) is 0 Å². The van der Waals surface area contributed by atoms with Crippen LogP contribution < -0.4 is 5.32 Å². The lowest BCUT2D eigenvalue weighted by Crippen LogP contribution is -2.45. The molecule has 0 aromatic rings. The molecule has 0 aliphatic carbocycles. The highest BCUT2D eigenvalue weighted by atomic mass is 16.5. The van der Waals surface area contributed by atoms with E-state index < -0.39 is 12.1 Å². The predicted octanol–water partition coefficient (Wildman–Crippen LogP) is 21.6. The summed E-state index contributed by atoms with van der Waals surface area (Å²) in [5.74, 6) is -0.00993. The second-order valence-corrected chi connectivity index (χ2v) is 23.5. The molecule has 0 fully saturated rings. The Bertz CT molecular complexity index is 1110. The number of amides is 1. The van der Waals surface area contributed by atoms with E-state index >= 15 is 0 Å². The van der Waals surface area contributed by atoms with Gasteiger partial charge in [-0.15, -0.1) is 0 Å². The first-order valence-electron chi connectivity index (χ1n) is 33.9. The first-order chi connectivity index (χ1) is 36.5. The van der Waals surface area contributed by atoms with Gasteiger partial charge < -0.3 is 20.3 Å². The molecule has 0 heterocycles. The smallest absolute Gasteiger partial charge is 0.305 e. The lowest BCUT2D eigenvalue weighted by Gasteiger charge is -2.22. The maximum atomic E-state index is 12.4. The van der Waals surface area contributed by atoms with Crippen molar-refractivity contribution >= 4 is 11.9 Å². The van der Waals surface area contributed by atoms with Gasteiger partial charge in [0.15, 0.2) is 0 Å². The van der Waals surface area contributed by atoms with Crippen LogP contribution in [-0.4, -0.2) is 47.4 Å². The van der Waals surface area contributed by atoms with Gasteiger partial charge in [0, 0.05) is 12.8 Å². The van der Waals surface area contributed by atoms with Crippen LogP contribution in [0.5, 0.6) is 0 Å². The molecule has 6 nitrogen and oxygen atoms in total. The molecule has 0 aromatic heterocycles. The van der Waals surface area contributed by atoms with Crippen molar-refractivity contribution in [2.45, 2.75) is 398 Å². The zero-order valence-electron chi connectivity index (χ0n) is 50.4. The molecule has 0 rings (SSSR count). The van der Waals surface area contributed by atoms with Crippen molar-refractivity contribution in [3.63, 3.8) is 0 Å². The van der Waals surface area contributed by atoms with Crippen molar-refractivity contribution in [2.75, 3.05) is 13.2 Å². The first kappa shape index (κ1) is 72.6. The third-order valence-corrected chi connectivity index (χ3v) is 16.1. The summed E-state index contributed by atoms with van der Waals surface area (Å²) in [7, 11) is 0. The van der Waals surface area contributed by atoms with Crippen LogP contribution in [0, 0.1) is 0 Å². The molecular formula is C68H133NO5. The van der Waals surface area contributed by atoms with Crippen LogP contribution in [0.3, 0.4) is 0 Å². The fraction of sp³-hybridized carbons (Fsp3) is 0.941. The summed E-state index contributed by atoms with van der Waals surface area (Å²) in [6, 6.07) is -0.536. The number of unbranched alkanes of at least 4 members (excludes halogenated alkanes) is 51. The van der Waals surface area contributed by atoms with Crippen LogP contribution in [0.4, 0.5) is 0 Å². The number of nitrogens with one attached hydrogen (secondary N) is 1. The van der Waals surface area contributed by atoms with Crippen LogP contribution >= 0.6 is 0 Å². The average Bonchev–Trinajstić information content (AvgIpc) is 3.40. The minimum Gasteiger partial charge on any atom is -0.466 e. The second-order valence-electron chi connectivity index (χ2n) is 23.5. The van der Waals surface area contributed by atoms with Crippen molar-refractivity contribution < 1.29 is 24.5 Å². The van der Waals surface area contributed by atoms with Gasteiger partial charge in [-0.1, -0.05) is 334 Å². The summed E-state index contributed by atoms with van der Waals surface area (Å²) >= 11 is 0. The topological polar surface area (TPSA) is 95.9 Å². The maximum absolute atomic E-state index is 12.4. The van der Waals surface area contributed by atoms with Crippen LogP contribution in [0.15, 0.2) is 12.2 Å². The number of esters is 1. The van der Waals surface area contributed by atoms with Crippen LogP contribution in [0.25, 0.3) is 0 Å². The number of aliphatic hydroxyl groups excluding tert-OH is 2. The molecule has 440 valence electrons. The third kappa shape index (κ3) is 59.8. The van der Waals surface area contributed by atoms with E-state index in [0.717, 1.165) is 38.5 Å². The minimum absolute atomic E-state index is 0.0216. The molecule has 6 heteroatoms. The summed E-state index contributed by atoms with van der Waals surface area (Å²) in [6.07, 6.45) is 78.4. The summed E-state index contributed by atoms with van der Waals surface area (Å²) in [5, 5.41) is 23.2. The number of rotatable bonds is 64. The van der Waals surface area contributed by atoms with Gasteiger partial charge in [0.05, 0.1) is 25.4 Å². The number of allylic oxidation sites excluding steroid dienone is 2. The van der Waals surface area contributed by atoms with E-state index in [4.69, 9.17) is 4.74 Å². The minimum atomic E-state index is -0.659. The lowest BCUT2D eigenvalue weighted by molar-refractivity contribution is -0.143. The number of carbonyl (C=O) groups is 2. The number of hydrogen-bond acceptors (Lipinski definition) is 5. The number of hydrogen-bond donors (Lipinski definition) is 3. The van der Waals surface area contributed by atoms with E-state index in [2.05, 4.69) is 31.3 Å². The highest BCUT2D eigenvalue weighted by Crippen LogP contribution is 2.19. The molecule has 0 bridgehead atoms. The molecule has 0 radical (unpaired) electrons. The molecule has 74 heavy (non-hydrogen) atoms. The van der Waals surface area contributed by atoms with Gasteiger partial charge >= 0.3 is 5.97 Å². The summed E-state index contributed by atoms with van der Waals surface area (Å²) in [4.78, 5) is 24.5. The van der Waals surface area contributed by atoms with Crippen LogP contribution in [-0.2, 0) is 14.3 Å². The van der Waals surface area contributed by atoms with E-state index in [0.29, 0.717) is 25.9 Å².